The van der Waals surface area contributed by atoms with E-state index in [1.165, 1.54) is 77.1 Å². The van der Waals surface area contributed by atoms with Gasteiger partial charge in [-0.05, 0) is 85.0 Å². The number of nitrogens with one attached hydrogen (secondary N) is 2. The monoisotopic (exact) mass is 593 g/mol. The first kappa shape index (κ1) is 29.2. The summed E-state index contributed by atoms with van der Waals surface area (Å²) < 4.78 is 69.5. The number of anilines is 1. The second-order valence-electron chi connectivity index (χ2n) is 9.57. The number of hydrogen-bond donors (Lipinski definition) is 2. The van der Waals surface area contributed by atoms with Gasteiger partial charge in [-0.25, -0.2) is 25.9 Å². The predicted octanol–water partition coefficient (Wildman–Crippen LogP) is 4.95. The lowest BCUT2D eigenvalue weighted by Crippen LogP contribution is -2.39. The molecule has 208 valence electrons. The maximum absolute atomic E-state index is 13.5. The van der Waals surface area contributed by atoms with E-state index < -0.39 is 37.8 Å². The Morgan fingerprint density at radius 2 is 1.59 bits per heavy atom. The van der Waals surface area contributed by atoms with Crippen molar-refractivity contribution in [1.82, 2.24) is 9.03 Å². The number of hydrogen-bond acceptors (Lipinski definition) is 5. The van der Waals surface area contributed by atoms with Crippen LogP contribution in [0, 0.1) is 11.7 Å². The van der Waals surface area contributed by atoms with Gasteiger partial charge in [-0.1, -0.05) is 30.7 Å². The Balaban J connectivity index is 1.48. The van der Waals surface area contributed by atoms with Crippen molar-refractivity contribution >= 4 is 43.2 Å². The van der Waals surface area contributed by atoms with Crippen LogP contribution in [0.2, 0.25) is 5.02 Å². The Labute approximate surface area is 233 Å². The molecule has 0 aliphatic carbocycles. The SMILES string of the molecule is C[C@H]1CCCN(S(=O)(=O)c2ccc(NC(=O)C[C@H](NS(=O)(=O)c3ccc(Cl)cc3)c3ccc(F)cc3)cc2)C1. The highest BCUT2D eigenvalue weighted by atomic mass is 35.5. The summed E-state index contributed by atoms with van der Waals surface area (Å²) >= 11 is 5.86. The molecule has 3 aromatic rings. The number of amides is 1. The fourth-order valence-electron chi connectivity index (χ4n) is 4.41. The normalized spacial score (nSPS) is 17.5. The summed E-state index contributed by atoms with van der Waals surface area (Å²) in [5, 5.41) is 3.05. The van der Waals surface area contributed by atoms with Crippen molar-refractivity contribution in [2.24, 2.45) is 5.92 Å². The number of piperidine rings is 1. The lowest BCUT2D eigenvalue weighted by atomic mass is 10.0. The van der Waals surface area contributed by atoms with Crippen LogP contribution >= 0.6 is 11.6 Å². The highest BCUT2D eigenvalue weighted by Gasteiger charge is 2.29. The average molecular weight is 594 g/mol. The first-order chi connectivity index (χ1) is 18.4. The highest BCUT2D eigenvalue weighted by molar-refractivity contribution is 7.89. The second kappa shape index (κ2) is 12.1. The Morgan fingerprint density at radius 3 is 2.21 bits per heavy atom. The molecule has 12 heteroatoms. The number of rotatable bonds is 9. The molecule has 8 nitrogen and oxygen atoms in total. The van der Waals surface area contributed by atoms with Crippen LogP contribution in [-0.2, 0) is 24.8 Å². The molecule has 1 heterocycles. The minimum absolute atomic E-state index is 0.0423. The van der Waals surface area contributed by atoms with Crippen molar-refractivity contribution in [3.05, 3.63) is 89.2 Å². The number of benzene rings is 3. The van der Waals surface area contributed by atoms with Gasteiger partial charge in [0.15, 0.2) is 0 Å². The molecule has 0 aromatic heterocycles. The van der Waals surface area contributed by atoms with Crippen molar-refractivity contribution in [3.63, 3.8) is 0 Å². The maximum Gasteiger partial charge on any atom is 0.243 e. The summed E-state index contributed by atoms with van der Waals surface area (Å²) in [7, 11) is -7.69. The lowest BCUT2D eigenvalue weighted by molar-refractivity contribution is -0.116. The largest absolute Gasteiger partial charge is 0.326 e. The Hall–Kier alpha value is -2.83. The zero-order valence-corrected chi connectivity index (χ0v) is 23.6. The van der Waals surface area contributed by atoms with E-state index in [0.29, 0.717) is 35.3 Å². The van der Waals surface area contributed by atoms with Gasteiger partial charge >= 0.3 is 0 Å². The molecule has 1 amide bonds. The minimum atomic E-state index is -4.04. The van der Waals surface area contributed by atoms with E-state index >= 15 is 0 Å². The summed E-state index contributed by atoms with van der Waals surface area (Å²) in [4.78, 5) is 13.0. The van der Waals surface area contributed by atoms with Crippen LogP contribution in [0.1, 0.15) is 37.8 Å². The zero-order valence-electron chi connectivity index (χ0n) is 21.2. The van der Waals surface area contributed by atoms with Crippen LogP contribution in [0.5, 0.6) is 0 Å². The quantitative estimate of drug-likeness (QED) is 0.365. The Kier molecular flexibility index (Phi) is 9.07. The number of sulfonamides is 2. The summed E-state index contributed by atoms with van der Waals surface area (Å²) in [6.07, 6.45) is 1.50. The fraction of sp³-hybridized carbons (Fsp3) is 0.296. The van der Waals surface area contributed by atoms with Crippen LogP contribution in [0.3, 0.4) is 0 Å². The van der Waals surface area contributed by atoms with Crippen LogP contribution in [0.4, 0.5) is 10.1 Å². The maximum atomic E-state index is 13.5. The molecular formula is C27H29ClFN3O5S2. The third kappa shape index (κ3) is 7.43. The van der Waals surface area contributed by atoms with Crippen LogP contribution in [-0.4, -0.2) is 40.1 Å². The van der Waals surface area contributed by atoms with Gasteiger partial charge in [0.2, 0.25) is 26.0 Å². The van der Waals surface area contributed by atoms with Crippen molar-refractivity contribution in [2.45, 2.75) is 42.0 Å². The number of carbonyl (C=O) groups excluding carboxylic acids is 1. The van der Waals surface area contributed by atoms with Crippen molar-refractivity contribution in [1.29, 1.82) is 0 Å². The molecular weight excluding hydrogens is 565 g/mol. The molecule has 1 aliphatic rings. The Morgan fingerprint density at radius 1 is 0.974 bits per heavy atom. The highest BCUT2D eigenvalue weighted by Crippen LogP contribution is 2.26. The van der Waals surface area contributed by atoms with Gasteiger partial charge in [-0.2, -0.15) is 4.31 Å². The fourth-order valence-corrected chi connectivity index (χ4v) is 7.36. The van der Waals surface area contributed by atoms with Crippen molar-refractivity contribution in [3.8, 4) is 0 Å². The van der Waals surface area contributed by atoms with Gasteiger partial charge in [-0.3, -0.25) is 4.79 Å². The van der Waals surface area contributed by atoms with Crippen molar-refractivity contribution in [2.75, 3.05) is 18.4 Å². The van der Waals surface area contributed by atoms with E-state index in [-0.39, 0.29) is 16.2 Å². The first-order valence-electron chi connectivity index (χ1n) is 12.4. The molecule has 1 aliphatic heterocycles. The van der Waals surface area contributed by atoms with E-state index in [1.54, 1.807) is 0 Å². The molecule has 0 spiro atoms. The number of carbonyl (C=O) groups is 1. The molecule has 39 heavy (non-hydrogen) atoms. The minimum Gasteiger partial charge on any atom is -0.326 e. The van der Waals surface area contributed by atoms with E-state index in [4.69, 9.17) is 11.6 Å². The van der Waals surface area contributed by atoms with Crippen LogP contribution in [0.25, 0.3) is 0 Å². The summed E-state index contributed by atoms with van der Waals surface area (Å²) in [5.41, 5.74) is 0.741. The molecule has 1 fully saturated rings. The third-order valence-electron chi connectivity index (χ3n) is 6.48. The zero-order chi connectivity index (χ0) is 28.2. The molecule has 2 N–H and O–H groups in total. The molecule has 2 atom stereocenters. The first-order valence-corrected chi connectivity index (χ1v) is 15.7. The molecule has 1 saturated heterocycles. The third-order valence-corrected chi connectivity index (χ3v) is 10.1. The number of nitrogens with zero attached hydrogens (tertiary/aromatic N) is 1. The van der Waals surface area contributed by atoms with E-state index in [2.05, 4.69) is 10.0 Å². The standard InChI is InChI=1S/C27H29ClFN3O5S2/c1-19-3-2-16-32(18-19)39(36,37)25-14-10-23(11-15-25)30-27(33)17-26(20-4-8-22(29)9-5-20)31-38(34,35)24-12-6-21(28)7-13-24/h4-15,19,26,31H,2-3,16-18H2,1H3,(H,30,33)/t19-,26-/m0/s1. The van der Waals surface area contributed by atoms with Crippen LogP contribution in [0.15, 0.2) is 82.6 Å². The smallest absolute Gasteiger partial charge is 0.243 e. The average Bonchev–Trinajstić information content (AvgIpc) is 2.89. The van der Waals surface area contributed by atoms with Gasteiger partial charge in [0.05, 0.1) is 15.8 Å². The molecule has 3 aromatic carbocycles. The van der Waals surface area contributed by atoms with Gasteiger partial charge < -0.3 is 5.32 Å². The number of halogens is 2. The van der Waals surface area contributed by atoms with Gasteiger partial charge in [0.1, 0.15) is 5.82 Å². The predicted molar refractivity (Wildman–Crippen MR) is 148 cm³/mol. The van der Waals surface area contributed by atoms with Gasteiger partial charge in [0, 0.05) is 30.2 Å². The Bertz CT molecular complexity index is 1520. The second-order valence-corrected chi connectivity index (χ2v) is 13.7. The molecule has 0 unspecified atom stereocenters. The summed E-state index contributed by atoms with van der Waals surface area (Å²) in [6.45, 7) is 2.97. The van der Waals surface area contributed by atoms with Crippen molar-refractivity contribution < 1.29 is 26.0 Å². The van der Waals surface area contributed by atoms with E-state index in [0.717, 1.165) is 12.8 Å². The molecule has 0 saturated carbocycles. The van der Waals surface area contributed by atoms with E-state index in [1.807, 2.05) is 6.92 Å². The molecule has 0 bridgehead atoms. The topological polar surface area (TPSA) is 113 Å². The van der Waals surface area contributed by atoms with E-state index in [9.17, 15) is 26.0 Å². The molecule has 4 rings (SSSR count). The summed E-state index contributed by atoms with van der Waals surface area (Å²) in [6, 6.07) is 15.6. The van der Waals surface area contributed by atoms with Gasteiger partial charge in [0.25, 0.3) is 0 Å². The molecule has 0 radical (unpaired) electrons. The lowest BCUT2D eigenvalue weighted by Gasteiger charge is -2.30. The van der Waals surface area contributed by atoms with Crippen LogP contribution < -0.4 is 10.0 Å². The van der Waals surface area contributed by atoms with Gasteiger partial charge in [-0.15, -0.1) is 0 Å². The summed E-state index contributed by atoms with van der Waals surface area (Å²) in [5.74, 6) is -0.738.